The third-order valence-electron chi connectivity index (χ3n) is 7.09. The molecule has 0 bridgehead atoms. The second-order valence-corrected chi connectivity index (χ2v) is 9.72. The third-order valence-corrected chi connectivity index (χ3v) is 7.09. The Morgan fingerprint density at radius 3 is 2.48 bits per heavy atom. The van der Waals surface area contributed by atoms with Crippen molar-refractivity contribution in [2.75, 3.05) is 32.7 Å². The van der Waals surface area contributed by atoms with Crippen molar-refractivity contribution in [3.8, 4) is 0 Å². The van der Waals surface area contributed by atoms with Crippen LogP contribution in [0.4, 0.5) is 0 Å². The number of piperidine rings is 2. The number of pyridine rings is 1. The lowest BCUT2D eigenvalue weighted by molar-refractivity contribution is -0.140. The molecule has 3 aliphatic rings. The van der Waals surface area contributed by atoms with Crippen LogP contribution in [0.25, 0.3) is 0 Å². The topological polar surface area (TPSA) is 39.7 Å². The predicted octanol–water partition coefficient (Wildman–Crippen LogP) is 3.41. The Hall–Kier alpha value is -1.46. The highest BCUT2D eigenvalue weighted by Crippen LogP contribution is 2.32. The molecular weight excluding hydrogens is 360 g/mol. The van der Waals surface area contributed by atoms with E-state index in [1.54, 1.807) is 0 Å². The molecule has 0 N–H and O–H groups in total. The molecule has 29 heavy (non-hydrogen) atoms. The van der Waals surface area contributed by atoms with E-state index in [4.69, 9.17) is 0 Å². The van der Waals surface area contributed by atoms with Crippen molar-refractivity contribution >= 4 is 5.91 Å². The summed E-state index contributed by atoms with van der Waals surface area (Å²) in [4.78, 5) is 24.8. The fraction of sp³-hybridized carbons (Fsp3) is 0.750. The van der Waals surface area contributed by atoms with Crippen molar-refractivity contribution in [2.45, 2.75) is 71.0 Å². The van der Waals surface area contributed by atoms with Gasteiger partial charge in [-0.2, -0.15) is 0 Å². The number of hydrogen-bond acceptors (Lipinski definition) is 4. The summed E-state index contributed by atoms with van der Waals surface area (Å²) >= 11 is 0. The molecular formula is C24H38N4O. The minimum atomic E-state index is 0.208. The van der Waals surface area contributed by atoms with E-state index in [0.29, 0.717) is 18.0 Å². The fourth-order valence-corrected chi connectivity index (χ4v) is 5.10. The first-order chi connectivity index (χ1) is 14.1. The molecule has 5 heteroatoms. The Morgan fingerprint density at radius 2 is 1.83 bits per heavy atom. The van der Waals surface area contributed by atoms with Crippen molar-refractivity contribution in [1.82, 2.24) is 19.7 Å². The van der Waals surface area contributed by atoms with Gasteiger partial charge in [-0.1, -0.05) is 0 Å². The van der Waals surface area contributed by atoms with Crippen LogP contribution in [0, 0.1) is 11.8 Å². The molecule has 5 nitrogen and oxygen atoms in total. The van der Waals surface area contributed by atoms with Gasteiger partial charge < -0.3 is 4.90 Å². The Kier molecular flexibility index (Phi) is 6.86. The summed E-state index contributed by atoms with van der Waals surface area (Å²) in [5.74, 6) is 1.40. The molecule has 1 amide bonds. The molecule has 1 aromatic rings. The van der Waals surface area contributed by atoms with Crippen LogP contribution in [0.5, 0.6) is 0 Å². The summed E-state index contributed by atoms with van der Waals surface area (Å²) in [6.07, 6.45) is 11.1. The van der Waals surface area contributed by atoms with Crippen LogP contribution in [0.1, 0.15) is 57.9 Å². The molecule has 3 heterocycles. The first kappa shape index (κ1) is 20.8. The van der Waals surface area contributed by atoms with E-state index in [-0.39, 0.29) is 5.92 Å². The SMILES string of the molecule is CC(C)N(CC1CC1)C(=O)C1CCCN(C2CCN(Cc3ccncc3)CC2)C1. The molecule has 0 aromatic carbocycles. The molecule has 1 saturated carbocycles. The standard InChI is InChI=1S/C24H38N4O/c1-19(2)28(17-20-5-6-20)24(29)22-4-3-13-27(18-22)23-9-14-26(15-10-23)16-21-7-11-25-12-8-21/h7-8,11-12,19-20,22-23H,3-6,9-10,13-18H2,1-2H3. The molecule has 2 saturated heterocycles. The predicted molar refractivity (Wildman–Crippen MR) is 116 cm³/mol. The fourth-order valence-electron chi connectivity index (χ4n) is 5.10. The lowest BCUT2D eigenvalue weighted by atomic mass is 9.92. The van der Waals surface area contributed by atoms with Gasteiger partial charge in [0.25, 0.3) is 0 Å². The molecule has 160 valence electrons. The van der Waals surface area contributed by atoms with Crippen LogP contribution in [0.15, 0.2) is 24.5 Å². The minimum Gasteiger partial charge on any atom is -0.340 e. The maximum absolute atomic E-state index is 13.3. The minimum absolute atomic E-state index is 0.208. The zero-order chi connectivity index (χ0) is 20.2. The van der Waals surface area contributed by atoms with E-state index in [9.17, 15) is 4.79 Å². The van der Waals surface area contributed by atoms with Crippen LogP contribution >= 0.6 is 0 Å². The summed E-state index contributed by atoms with van der Waals surface area (Å²) in [6, 6.07) is 5.22. The van der Waals surface area contributed by atoms with Gasteiger partial charge in [-0.15, -0.1) is 0 Å². The van der Waals surface area contributed by atoms with Crippen LogP contribution in [0.2, 0.25) is 0 Å². The van der Waals surface area contributed by atoms with Gasteiger partial charge in [0.2, 0.25) is 5.91 Å². The normalized spacial score (nSPS) is 24.7. The van der Waals surface area contributed by atoms with Crippen molar-refractivity contribution < 1.29 is 4.79 Å². The number of amides is 1. The van der Waals surface area contributed by atoms with E-state index in [1.165, 1.54) is 44.2 Å². The molecule has 2 aliphatic heterocycles. The van der Waals surface area contributed by atoms with Gasteiger partial charge in [-0.05, 0) is 95.6 Å². The zero-order valence-corrected chi connectivity index (χ0v) is 18.3. The van der Waals surface area contributed by atoms with Crippen molar-refractivity contribution in [2.24, 2.45) is 11.8 Å². The summed E-state index contributed by atoms with van der Waals surface area (Å²) in [6.45, 7) is 10.8. The number of likely N-dealkylation sites (tertiary alicyclic amines) is 2. The number of hydrogen-bond donors (Lipinski definition) is 0. The van der Waals surface area contributed by atoms with Gasteiger partial charge in [0.05, 0.1) is 5.92 Å². The average Bonchev–Trinajstić information content (AvgIpc) is 3.57. The maximum Gasteiger partial charge on any atom is 0.227 e. The second kappa shape index (κ2) is 9.57. The van der Waals surface area contributed by atoms with Crippen LogP contribution in [-0.2, 0) is 11.3 Å². The van der Waals surface area contributed by atoms with E-state index in [1.807, 2.05) is 12.4 Å². The Morgan fingerprint density at radius 1 is 1.10 bits per heavy atom. The Bertz CT molecular complexity index is 652. The summed E-state index contributed by atoms with van der Waals surface area (Å²) in [7, 11) is 0. The van der Waals surface area contributed by atoms with E-state index in [0.717, 1.165) is 45.1 Å². The zero-order valence-electron chi connectivity index (χ0n) is 18.3. The van der Waals surface area contributed by atoms with Gasteiger partial charge in [0.1, 0.15) is 0 Å². The quantitative estimate of drug-likeness (QED) is 0.706. The highest BCUT2D eigenvalue weighted by atomic mass is 16.2. The van der Waals surface area contributed by atoms with Crippen LogP contribution in [-0.4, -0.2) is 70.4 Å². The van der Waals surface area contributed by atoms with E-state index in [2.05, 4.69) is 45.7 Å². The Balaban J connectivity index is 1.28. The van der Waals surface area contributed by atoms with E-state index >= 15 is 0 Å². The van der Waals surface area contributed by atoms with Gasteiger partial charge in [0, 0.05) is 44.1 Å². The van der Waals surface area contributed by atoms with Crippen LogP contribution in [0.3, 0.4) is 0 Å². The molecule has 1 aromatic heterocycles. The first-order valence-electron chi connectivity index (χ1n) is 11.8. The molecule has 0 spiro atoms. The van der Waals surface area contributed by atoms with Crippen molar-refractivity contribution in [1.29, 1.82) is 0 Å². The molecule has 1 atom stereocenters. The molecule has 1 unspecified atom stereocenters. The largest absolute Gasteiger partial charge is 0.340 e. The second-order valence-electron chi connectivity index (χ2n) is 9.72. The highest BCUT2D eigenvalue weighted by molar-refractivity contribution is 5.79. The smallest absolute Gasteiger partial charge is 0.227 e. The number of nitrogens with zero attached hydrogens (tertiary/aromatic N) is 4. The molecule has 3 fully saturated rings. The molecule has 1 aliphatic carbocycles. The van der Waals surface area contributed by atoms with Crippen molar-refractivity contribution in [3.05, 3.63) is 30.1 Å². The van der Waals surface area contributed by atoms with Gasteiger partial charge in [-0.25, -0.2) is 0 Å². The van der Waals surface area contributed by atoms with Crippen molar-refractivity contribution in [3.63, 3.8) is 0 Å². The van der Waals surface area contributed by atoms with Crippen LogP contribution < -0.4 is 0 Å². The third kappa shape index (κ3) is 5.58. The number of rotatable bonds is 7. The number of carbonyl (C=O) groups excluding carboxylic acids is 1. The highest BCUT2D eigenvalue weighted by Gasteiger charge is 2.36. The average molecular weight is 399 g/mol. The van der Waals surface area contributed by atoms with Gasteiger partial charge >= 0.3 is 0 Å². The van der Waals surface area contributed by atoms with Gasteiger partial charge in [-0.3, -0.25) is 19.6 Å². The summed E-state index contributed by atoms with van der Waals surface area (Å²) in [5.41, 5.74) is 1.35. The Labute approximate surface area is 176 Å². The lowest BCUT2D eigenvalue weighted by Crippen LogP contribution is -2.52. The lowest BCUT2D eigenvalue weighted by Gasteiger charge is -2.43. The summed E-state index contributed by atoms with van der Waals surface area (Å²) in [5, 5.41) is 0. The molecule has 0 radical (unpaired) electrons. The number of carbonyl (C=O) groups is 1. The monoisotopic (exact) mass is 398 g/mol. The number of aromatic nitrogens is 1. The summed E-state index contributed by atoms with van der Waals surface area (Å²) < 4.78 is 0. The maximum atomic E-state index is 13.3. The van der Waals surface area contributed by atoms with E-state index < -0.39 is 0 Å². The first-order valence-corrected chi connectivity index (χ1v) is 11.8. The molecule has 4 rings (SSSR count). The van der Waals surface area contributed by atoms with Gasteiger partial charge in [0.15, 0.2) is 0 Å².